The fraction of sp³-hybridized carbons (Fsp3) is 0.200. The molecule has 0 radical (unpaired) electrons. The first kappa shape index (κ1) is 14.6. The quantitative estimate of drug-likeness (QED) is 0.826. The Bertz CT molecular complexity index is 575. The fourth-order valence-corrected chi connectivity index (χ4v) is 1.91. The smallest absolute Gasteiger partial charge is 0.161 e. The van der Waals surface area contributed by atoms with Crippen molar-refractivity contribution in [2.75, 3.05) is 6.61 Å². The van der Waals surface area contributed by atoms with Crippen LogP contribution in [0, 0.1) is 17.5 Å². The lowest BCUT2D eigenvalue weighted by atomic mass is 10.1. The Morgan fingerprint density at radius 1 is 0.950 bits per heavy atom. The highest BCUT2D eigenvalue weighted by molar-refractivity contribution is 5.22. The molecule has 2 rings (SSSR count). The molecule has 0 aliphatic carbocycles. The Balaban J connectivity index is 2.09. The van der Waals surface area contributed by atoms with Crippen LogP contribution in [0.5, 0.6) is 0 Å². The van der Waals surface area contributed by atoms with Gasteiger partial charge in [0.25, 0.3) is 0 Å². The first-order valence-electron chi connectivity index (χ1n) is 6.14. The zero-order valence-electron chi connectivity index (χ0n) is 10.6. The zero-order valence-corrected chi connectivity index (χ0v) is 10.6. The minimum atomic E-state index is -1.21. The second-order valence-electron chi connectivity index (χ2n) is 4.38. The molecule has 0 aliphatic rings. The summed E-state index contributed by atoms with van der Waals surface area (Å²) in [4.78, 5) is 0. The third-order valence-electron chi connectivity index (χ3n) is 3.01. The monoisotopic (exact) mass is 281 g/mol. The molecule has 0 bridgehead atoms. The molecule has 1 atom stereocenters. The second-order valence-corrected chi connectivity index (χ2v) is 4.38. The number of aliphatic hydroxyl groups is 1. The summed E-state index contributed by atoms with van der Waals surface area (Å²) in [6.07, 6.45) is 0. The lowest BCUT2D eigenvalue weighted by Crippen LogP contribution is -2.24. The maximum Gasteiger partial charge on any atom is 0.161 e. The average Bonchev–Trinajstić information content (AvgIpc) is 2.46. The lowest BCUT2D eigenvalue weighted by Gasteiger charge is -2.17. The Morgan fingerprint density at radius 2 is 1.60 bits per heavy atom. The maximum atomic E-state index is 13.5. The van der Waals surface area contributed by atoms with Crippen LogP contribution in [0.2, 0.25) is 0 Å². The summed E-state index contributed by atoms with van der Waals surface area (Å²) in [5.74, 6) is -3.13. The van der Waals surface area contributed by atoms with Crippen molar-refractivity contribution in [1.29, 1.82) is 0 Å². The summed E-state index contributed by atoms with van der Waals surface area (Å²) in [5.41, 5.74) is 0.844. The Morgan fingerprint density at radius 3 is 2.25 bits per heavy atom. The predicted molar refractivity (Wildman–Crippen MR) is 69.4 cm³/mol. The third kappa shape index (κ3) is 3.37. The molecule has 2 nitrogen and oxygen atoms in total. The molecule has 0 saturated heterocycles. The van der Waals surface area contributed by atoms with E-state index in [1.807, 2.05) is 30.3 Å². The summed E-state index contributed by atoms with van der Waals surface area (Å²) >= 11 is 0. The van der Waals surface area contributed by atoms with Crippen LogP contribution in [0.4, 0.5) is 13.2 Å². The minimum Gasteiger partial charge on any atom is -0.394 e. The van der Waals surface area contributed by atoms with Crippen LogP contribution in [0.25, 0.3) is 0 Å². The topological polar surface area (TPSA) is 32.3 Å². The van der Waals surface area contributed by atoms with Crippen LogP contribution in [0.3, 0.4) is 0 Å². The van der Waals surface area contributed by atoms with Gasteiger partial charge < -0.3 is 10.4 Å². The number of halogens is 3. The molecular formula is C15H14F3NO. The van der Waals surface area contributed by atoms with E-state index in [-0.39, 0.29) is 18.7 Å². The molecule has 2 aromatic rings. The van der Waals surface area contributed by atoms with Crippen molar-refractivity contribution in [3.63, 3.8) is 0 Å². The van der Waals surface area contributed by atoms with Crippen molar-refractivity contribution in [2.45, 2.75) is 12.6 Å². The number of hydrogen-bond acceptors (Lipinski definition) is 2. The SMILES string of the molecule is OC[C@H](NCc1cc(F)c(F)cc1F)c1ccccc1. The van der Waals surface area contributed by atoms with Gasteiger partial charge in [0.05, 0.1) is 12.6 Å². The molecule has 0 saturated carbocycles. The first-order valence-corrected chi connectivity index (χ1v) is 6.14. The number of nitrogens with one attached hydrogen (secondary N) is 1. The van der Waals surface area contributed by atoms with E-state index in [0.29, 0.717) is 6.07 Å². The zero-order chi connectivity index (χ0) is 14.5. The van der Waals surface area contributed by atoms with Gasteiger partial charge in [0.15, 0.2) is 11.6 Å². The Labute approximate surface area is 114 Å². The van der Waals surface area contributed by atoms with E-state index in [0.717, 1.165) is 11.6 Å². The van der Waals surface area contributed by atoms with E-state index in [9.17, 15) is 18.3 Å². The van der Waals surface area contributed by atoms with E-state index in [1.54, 1.807) is 0 Å². The van der Waals surface area contributed by atoms with Crippen LogP contribution in [0.1, 0.15) is 17.2 Å². The van der Waals surface area contributed by atoms with E-state index in [1.165, 1.54) is 0 Å². The van der Waals surface area contributed by atoms with Crippen molar-refractivity contribution in [1.82, 2.24) is 5.32 Å². The van der Waals surface area contributed by atoms with Crippen molar-refractivity contribution < 1.29 is 18.3 Å². The largest absolute Gasteiger partial charge is 0.394 e. The molecule has 0 spiro atoms. The molecule has 0 fully saturated rings. The molecular weight excluding hydrogens is 267 g/mol. The molecule has 5 heteroatoms. The average molecular weight is 281 g/mol. The Hall–Kier alpha value is -1.85. The standard InChI is InChI=1S/C15H14F3NO/c16-12-7-14(18)13(17)6-11(12)8-19-15(9-20)10-4-2-1-3-5-10/h1-7,15,19-20H,8-9H2/t15-/m0/s1. The first-order chi connectivity index (χ1) is 9.61. The van der Waals surface area contributed by atoms with E-state index in [2.05, 4.69) is 5.32 Å². The number of benzene rings is 2. The molecule has 0 aliphatic heterocycles. The molecule has 2 aromatic carbocycles. The van der Waals surface area contributed by atoms with Gasteiger partial charge in [0.2, 0.25) is 0 Å². The lowest BCUT2D eigenvalue weighted by molar-refractivity contribution is 0.243. The van der Waals surface area contributed by atoms with Gasteiger partial charge in [-0.15, -0.1) is 0 Å². The number of hydrogen-bond donors (Lipinski definition) is 2. The van der Waals surface area contributed by atoms with E-state index in [4.69, 9.17) is 0 Å². The molecule has 106 valence electrons. The minimum absolute atomic E-state index is 0.0108. The van der Waals surface area contributed by atoms with Gasteiger partial charge >= 0.3 is 0 Å². The number of rotatable bonds is 5. The Kier molecular flexibility index (Phi) is 4.76. The van der Waals surface area contributed by atoms with Crippen molar-refractivity contribution in [3.05, 3.63) is 71.0 Å². The summed E-state index contributed by atoms with van der Waals surface area (Å²) in [7, 11) is 0. The van der Waals surface area contributed by atoms with Crippen molar-refractivity contribution in [2.24, 2.45) is 0 Å². The van der Waals surface area contributed by atoms with Gasteiger partial charge in [0.1, 0.15) is 5.82 Å². The van der Waals surface area contributed by atoms with E-state index >= 15 is 0 Å². The van der Waals surface area contributed by atoms with Gasteiger partial charge in [-0.3, -0.25) is 0 Å². The highest BCUT2D eigenvalue weighted by atomic mass is 19.2. The van der Waals surface area contributed by atoms with Crippen LogP contribution in [0.15, 0.2) is 42.5 Å². The van der Waals surface area contributed by atoms with Crippen LogP contribution >= 0.6 is 0 Å². The van der Waals surface area contributed by atoms with Crippen LogP contribution in [-0.4, -0.2) is 11.7 Å². The summed E-state index contributed by atoms with van der Waals surface area (Å²) < 4.78 is 39.4. The van der Waals surface area contributed by atoms with Gasteiger partial charge in [-0.25, -0.2) is 13.2 Å². The molecule has 0 amide bonds. The fourth-order valence-electron chi connectivity index (χ4n) is 1.91. The third-order valence-corrected chi connectivity index (χ3v) is 3.01. The molecule has 0 aromatic heterocycles. The van der Waals surface area contributed by atoms with Crippen molar-refractivity contribution >= 4 is 0 Å². The summed E-state index contributed by atoms with van der Waals surface area (Å²) in [6, 6.07) is 10.0. The molecule has 2 N–H and O–H groups in total. The predicted octanol–water partition coefficient (Wildman–Crippen LogP) is 2.93. The van der Waals surface area contributed by atoms with Gasteiger partial charge in [0, 0.05) is 18.2 Å². The molecule has 20 heavy (non-hydrogen) atoms. The highest BCUT2D eigenvalue weighted by Gasteiger charge is 2.13. The maximum absolute atomic E-state index is 13.5. The van der Waals surface area contributed by atoms with Crippen LogP contribution < -0.4 is 5.32 Å². The molecule has 0 heterocycles. The number of aliphatic hydroxyl groups excluding tert-OH is 1. The molecule has 0 unspecified atom stereocenters. The van der Waals surface area contributed by atoms with Gasteiger partial charge in [-0.2, -0.15) is 0 Å². The summed E-state index contributed by atoms with van der Waals surface area (Å²) in [6.45, 7) is -0.196. The normalized spacial score (nSPS) is 12.4. The highest BCUT2D eigenvalue weighted by Crippen LogP contribution is 2.16. The van der Waals surface area contributed by atoms with E-state index < -0.39 is 23.5 Å². The van der Waals surface area contributed by atoms with Crippen molar-refractivity contribution in [3.8, 4) is 0 Å². The van der Waals surface area contributed by atoms with Crippen LogP contribution in [-0.2, 0) is 6.54 Å². The van der Waals surface area contributed by atoms with Gasteiger partial charge in [-0.1, -0.05) is 30.3 Å². The summed E-state index contributed by atoms with van der Waals surface area (Å²) in [5, 5.41) is 12.2. The second kappa shape index (κ2) is 6.54. The van der Waals surface area contributed by atoms with Gasteiger partial charge in [-0.05, 0) is 11.6 Å².